The summed E-state index contributed by atoms with van der Waals surface area (Å²) in [5.74, 6) is 2.05. The van der Waals surface area contributed by atoms with Crippen molar-refractivity contribution < 1.29 is 9.47 Å². The summed E-state index contributed by atoms with van der Waals surface area (Å²) in [5, 5.41) is 2.89. The standard InChI is InChI=1S/C13H16N4O2/c1-15-11-7-12(17-13(14)16-11)19-8-9-3-5-10(18-2)6-4-9/h3-7H,8H2,1-2H3,(H3,14,15,16,17). The van der Waals surface area contributed by atoms with Crippen LogP contribution in [0, 0.1) is 0 Å². The van der Waals surface area contributed by atoms with Gasteiger partial charge in [0.05, 0.1) is 7.11 Å². The summed E-state index contributed by atoms with van der Waals surface area (Å²) >= 11 is 0. The van der Waals surface area contributed by atoms with Crippen molar-refractivity contribution >= 4 is 11.8 Å². The molecule has 0 amide bonds. The zero-order chi connectivity index (χ0) is 13.7. The van der Waals surface area contributed by atoms with Crippen molar-refractivity contribution in [3.8, 4) is 11.6 Å². The number of methoxy groups -OCH3 is 1. The normalized spacial score (nSPS) is 10.0. The molecule has 0 radical (unpaired) electrons. The molecule has 3 N–H and O–H groups in total. The molecule has 100 valence electrons. The molecule has 0 aliphatic carbocycles. The summed E-state index contributed by atoms with van der Waals surface area (Å²) in [6, 6.07) is 9.32. The Morgan fingerprint density at radius 1 is 1.21 bits per heavy atom. The quantitative estimate of drug-likeness (QED) is 0.851. The molecule has 0 saturated heterocycles. The van der Waals surface area contributed by atoms with Gasteiger partial charge in [0.1, 0.15) is 18.2 Å². The molecule has 6 nitrogen and oxygen atoms in total. The molecule has 0 saturated carbocycles. The van der Waals surface area contributed by atoms with Crippen molar-refractivity contribution in [1.29, 1.82) is 0 Å². The maximum absolute atomic E-state index is 5.58. The van der Waals surface area contributed by atoms with Gasteiger partial charge >= 0.3 is 0 Å². The molecule has 1 heterocycles. The summed E-state index contributed by atoms with van der Waals surface area (Å²) in [6.07, 6.45) is 0. The first-order valence-corrected chi connectivity index (χ1v) is 5.79. The first-order chi connectivity index (χ1) is 9.21. The smallest absolute Gasteiger partial charge is 0.225 e. The Labute approximate surface area is 111 Å². The molecule has 0 aliphatic rings. The van der Waals surface area contributed by atoms with Crippen LogP contribution in [0.25, 0.3) is 0 Å². The lowest BCUT2D eigenvalue weighted by atomic mass is 10.2. The van der Waals surface area contributed by atoms with E-state index >= 15 is 0 Å². The predicted molar refractivity (Wildman–Crippen MR) is 73.3 cm³/mol. The average molecular weight is 260 g/mol. The third-order valence-corrected chi connectivity index (χ3v) is 2.52. The minimum atomic E-state index is 0.177. The van der Waals surface area contributed by atoms with Crippen molar-refractivity contribution in [2.75, 3.05) is 25.2 Å². The minimum absolute atomic E-state index is 0.177. The second kappa shape index (κ2) is 5.90. The first kappa shape index (κ1) is 12.9. The van der Waals surface area contributed by atoms with Crippen LogP contribution in [0.2, 0.25) is 0 Å². The molecule has 0 atom stereocenters. The highest BCUT2D eigenvalue weighted by Crippen LogP contribution is 2.17. The number of anilines is 2. The van der Waals surface area contributed by atoms with E-state index in [0.717, 1.165) is 11.3 Å². The fourth-order valence-electron chi connectivity index (χ4n) is 1.52. The fraction of sp³-hybridized carbons (Fsp3) is 0.231. The van der Waals surface area contributed by atoms with E-state index < -0.39 is 0 Å². The molecule has 0 spiro atoms. The number of hydrogen-bond donors (Lipinski definition) is 2. The number of nitrogens with one attached hydrogen (secondary N) is 1. The molecule has 2 aromatic rings. The summed E-state index contributed by atoms with van der Waals surface area (Å²) in [6.45, 7) is 0.406. The van der Waals surface area contributed by atoms with Crippen molar-refractivity contribution in [1.82, 2.24) is 9.97 Å². The third-order valence-electron chi connectivity index (χ3n) is 2.52. The highest BCUT2D eigenvalue weighted by molar-refractivity contribution is 5.42. The maximum Gasteiger partial charge on any atom is 0.225 e. The average Bonchev–Trinajstić information content (AvgIpc) is 2.45. The van der Waals surface area contributed by atoms with Crippen LogP contribution in [-0.2, 0) is 6.61 Å². The summed E-state index contributed by atoms with van der Waals surface area (Å²) in [7, 11) is 3.39. The number of rotatable bonds is 5. The lowest BCUT2D eigenvalue weighted by Crippen LogP contribution is -2.03. The molecule has 0 aliphatic heterocycles. The van der Waals surface area contributed by atoms with E-state index in [9.17, 15) is 0 Å². The molecular formula is C13H16N4O2. The van der Waals surface area contributed by atoms with Crippen LogP contribution < -0.4 is 20.5 Å². The van der Waals surface area contributed by atoms with Crippen LogP contribution in [0.4, 0.5) is 11.8 Å². The van der Waals surface area contributed by atoms with Gasteiger partial charge in [-0.05, 0) is 17.7 Å². The Morgan fingerprint density at radius 2 is 1.95 bits per heavy atom. The number of aromatic nitrogens is 2. The van der Waals surface area contributed by atoms with Gasteiger partial charge < -0.3 is 20.5 Å². The molecule has 6 heteroatoms. The van der Waals surface area contributed by atoms with E-state index in [0.29, 0.717) is 18.3 Å². The topological polar surface area (TPSA) is 82.3 Å². The van der Waals surface area contributed by atoms with Crippen LogP contribution in [0.5, 0.6) is 11.6 Å². The summed E-state index contributed by atoms with van der Waals surface area (Å²) < 4.78 is 10.7. The Morgan fingerprint density at radius 3 is 2.58 bits per heavy atom. The van der Waals surface area contributed by atoms with Gasteiger partial charge in [-0.15, -0.1) is 0 Å². The van der Waals surface area contributed by atoms with Crippen LogP contribution in [0.15, 0.2) is 30.3 Å². The van der Waals surface area contributed by atoms with Gasteiger partial charge in [0.25, 0.3) is 0 Å². The molecule has 1 aromatic carbocycles. The zero-order valence-corrected chi connectivity index (χ0v) is 10.9. The maximum atomic E-state index is 5.58. The molecule has 19 heavy (non-hydrogen) atoms. The molecule has 0 fully saturated rings. The Kier molecular flexibility index (Phi) is 4.02. The summed E-state index contributed by atoms with van der Waals surface area (Å²) in [5.41, 5.74) is 6.60. The van der Waals surface area contributed by atoms with Gasteiger partial charge in [-0.3, -0.25) is 0 Å². The van der Waals surface area contributed by atoms with Crippen LogP contribution in [0.3, 0.4) is 0 Å². The number of nitrogens with zero attached hydrogens (tertiary/aromatic N) is 2. The van der Waals surface area contributed by atoms with Gasteiger partial charge in [-0.25, -0.2) is 0 Å². The Balaban J connectivity index is 2.03. The predicted octanol–water partition coefficient (Wildman–Crippen LogP) is 1.69. The first-order valence-electron chi connectivity index (χ1n) is 5.79. The second-order valence-electron chi connectivity index (χ2n) is 3.84. The molecule has 1 aromatic heterocycles. The van der Waals surface area contributed by atoms with Gasteiger partial charge in [-0.1, -0.05) is 12.1 Å². The van der Waals surface area contributed by atoms with E-state index in [1.165, 1.54) is 0 Å². The zero-order valence-electron chi connectivity index (χ0n) is 10.9. The Hall–Kier alpha value is -2.50. The van der Waals surface area contributed by atoms with Gasteiger partial charge in [0, 0.05) is 13.1 Å². The molecular weight excluding hydrogens is 244 g/mol. The van der Waals surface area contributed by atoms with Gasteiger partial charge in [0.15, 0.2) is 0 Å². The molecule has 0 bridgehead atoms. The highest BCUT2D eigenvalue weighted by atomic mass is 16.5. The number of nitrogen functional groups attached to an aromatic ring is 1. The highest BCUT2D eigenvalue weighted by Gasteiger charge is 2.03. The van der Waals surface area contributed by atoms with Crippen molar-refractivity contribution in [3.63, 3.8) is 0 Å². The van der Waals surface area contributed by atoms with Crippen molar-refractivity contribution in [2.45, 2.75) is 6.61 Å². The summed E-state index contributed by atoms with van der Waals surface area (Å²) in [4.78, 5) is 8.00. The van der Waals surface area contributed by atoms with Gasteiger partial charge in [-0.2, -0.15) is 9.97 Å². The number of benzene rings is 1. The largest absolute Gasteiger partial charge is 0.497 e. The molecule has 0 unspecified atom stereocenters. The van der Waals surface area contributed by atoms with E-state index in [1.807, 2.05) is 24.3 Å². The van der Waals surface area contributed by atoms with E-state index in [4.69, 9.17) is 15.2 Å². The molecule has 2 rings (SSSR count). The van der Waals surface area contributed by atoms with Gasteiger partial charge in [0.2, 0.25) is 11.8 Å². The number of ether oxygens (including phenoxy) is 2. The van der Waals surface area contributed by atoms with Crippen LogP contribution in [0.1, 0.15) is 5.56 Å². The van der Waals surface area contributed by atoms with Crippen molar-refractivity contribution in [2.24, 2.45) is 0 Å². The lowest BCUT2D eigenvalue weighted by Gasteiger charge is -2.08. The lowest BCUT2D eigenvalue weighted by molar-refractivity contribution is 0.294. The number of hydrogen-bond acceptors (Lipinski definition) is 6. The minimum Gasteiger partial charge on any atom is -0.497 e. The van der Waals surface area contributed by atoms with Crippen molar-refractivity contribution in [3.05, 3.63) is 35.9 Å². The van der Waals surface area contributed by atoms with Crippen LogP contribution in [-0.4, -0.2) is 24.1 Å². The monoisotopic (exact) mass is 260 g/mol. The van der Waals surface area contributed by atoms with E-state index in [-0.39, 0.29) is 5.95 Å². The Bertz CT molecular complexity index is 543. The number of nitrogens with two attached hydrogens (primary N) is 1. The van der Waals surface area contributed by atoms with E-state index in [2.05, 4.69) is 15.3 Å². The van der Waals surface area contributed by atoms with Crippen LogP contribution >= 0.6 is 0 Å². The third kappa shape index (κ3) is 3.48. The SMILES string of the molecule is CNc1cc(OCc2ccc(OC)cc2)nc(N)n1. The fourth-order valence-corrected chi connectivity index (χ4v) is 1.52. The van der Waals surface area contributed by atoms with E-state index in [1.54, 1.807) is 20.2 Å². The second-order valence-corrected chi connectivity index (χ2v) is 3.84.